The number of amides is 2. The van der Waals surface area contributed by atoms with Crippen molar-refractivity contribution in [3.63, 3.8) is 0 Å². The van der Waals surface area contributed by atoms with Gasteiger partial charge in [0.25, 0.3) is 11.8 Å². The number of hydrogen-bond donors (Lipinski definition) is 1. The molecule has 1 aromatic heterocycles. The molecule has 130 valence electrons. The third-order valence-corrected chi connectivity index (χ3v) is 4.38. The zero-order valence-electron chi connectivity index (χ0n) is 13.4. The van der Waals surface area contributed by atoms with E-state index >= 15 is 0 Å². The van der Waals surface area contributed by atoms with Gasteiger partial charge in [0.15, 0.2) is 12.7 Å². The summed E-state index contributed by atoms with van der Waals surface area (Å²) in [5.74, 6) is -0.880. The second-order valence-electron chi connectivity index (χ2n) is 5.28. The number of benzene rings is 1. The smallest absolute Gasteiger partial charge is 0.339 e. The average molecular weight is 360 g/mol. The van der Waals surface area contributed by atoms with Gasteiger partial charge in [-0.3, -0.25) is 9.59 Å². The largest absolute Gasteiger partial charge is 0.477 e. The van der Waals surface area contributed by atoms with Crippen molar-refractivity contribution in [1.29, 1.82) is 0 Å². The van der Waals surface area contributed by atoms with Gasteiger partial charge in [-0.2, -0.15) is 11.3 Å². The number of para-hydroxylation sites is 2. The third kappa shape index (κ3) is 3.63. The van der Waals surface area contributed by atoms with E-state index in [-0.39, 0.29) is 12.5 Å². The first-order valence-electron chi connectivity index (χ1n) is 7.57. The van der Waals surface area contributed by atoms with Crippen LogP contribution in [0, 0.1) is 0 Å². The Labute approximate surface area is 148 Å². The van der Waals surface area contributed by atoms with E-state index in [9.17, 15) is 14.4 Å². The van der Waals surface area contributed by atoms with Gasteiger partial charge in [0.2, 0.25) is 0 Å². The highest BCUT2D eigenvalue weighted by Gasteiger charge is 2.33. The number of anilines is 1. The van der Waals surface area contributed by atoms with Crippen LogP contribution in [-0.4, -0.2) is 44.1 Å². The quantitative estimate of drug-likeness (QED) is 0.834. The van der Waals surface area contributed by atoms with Gasteiger partial charge in [-0.25, -0.2) is 4.79 Å². The Kier molecular flexibility index (Phi) is 4.99. The summed E-state index contributed by atoms with van der Waals surface area (Å²) >= 11 is 1.37. The molecule has 25 heavy (non-hydrogen) atoms. The number of thiophene rings is 1. The number of rotatable bonds is 4. The highest BCUT2D eigenvalue weighted by atomic mass is 32.1. The van der Waals surface area contributed by atoms with Crippen molar-refractivity contribution in [2.24, 2.45) is 0 Å². The fourth-order valence-electron chi connectivity index (χ4n) is 2.44. The molecule has 0 radical (unpaired) electrons. The number of nitrogens with one attached hydrogen (secondary N) is 1. The van der Waals surface area contributed by atoms with Crippen molar-refractivity contribution in [2.75, 3.05) is 25.1 Å². The number of ether oxygens (including phenoxy) is 2. The Bertz CT molecular complexity index is 790. The van der Waals surface area contributed by atoms with E-state index < -0.39 is 24.6 Å². The summed E-state index contributed by atoms with van der Waals surface area (Å²) in [5, 5.41) is 5.91. The summed E-state index contributed by atoms with van der Waals surface area (Å²) in [6.45, 7) is -0.366. The number of nitrogens with zero attached hydrogens (tertiary/aromatic N) is 1. The van der Waals surface area contributed by atoms with Gasteiger partial charge in [0.1, 0.15) is 5.75 Å². The summed E-state index contributed by atoms with van der Waals surface area (Å²) in [4.78, 5) is 37.7. The van der Waals surface area contributed by atoms with Crippen LogP contribution in [0.4, 0.5) is 5.69 Å². The molecule has 1 unspecified atom stereocenters. The predicted molar refractivity (Wildman–Crippen MR) is 91.9 cm³/mol. The summed E-state index contributed by atoms with van der Waals surface area (Å²) in [6, 6.07) is 8.55. The summed E-state index contributed by atoms with van der Waals surface area (Å²) in [7, 11) is 1.50. The molecule has 0 saturated carbocycles. The molecular formula is C17H16N2O5S. The van der Waals surface area contributed by atoms with E-state index in [1.54, 1.807) is 41.1 Å². The molecule has 0 saturated heterocycles. The van der Waals surface area contributed by atoms with Crippen LogP contribution in [0.5, 0.6) is 5.75 Å². The monoisotopic (exact) mass is 360 g/mol. The second kappa shape index (κ2) is 7.35. The molecule has 0 bridgehead atoms. The Morgan fingerprint density at radius 2 is 2.12 bits per heavy atom. The van der Waals surface area contributed by atoms with E-state index in [4.69, 9.17) is 9.47 Å². The minimum absolute atomic E-state index is 0.0471. The first kappa shape index (κ1) is 17.0. The van der Waals surface area contributed by atoms with E-state index in [0.717, 1.165) is 0 Å². The fourth-order valence-corrected chi connectivity index (χ4v) is 3.06. The molecule has 1 aromatic carbocycles. The van der Waals surface area contributed by atoms with Gasteiger partial charge in [0.05, 0.1) is 17.8 Å². The molecule has 7 nitrogen and oxygen atoms in total. The van der Waals surface area contributed by atoms with E-state index in [1.807, 2.05) is 0 Å². The molecule has 2 amide bonds. The van der Waals surface area contributed by atoms with Crippen molar-refractivity contribution < 1.29 is 23.9 Å². The lowest BCUT2D eigenvalue weighted by atomic mass is 10.1. The van der Waals surface area contributed by atoms with Crippen LogP contribution in [0.3, 0.4) is 0 Å². The average Bonchev–Trinajstić information content (AvgIpc) is 3.19. The normalized spacial score (nSPS) is 15.7. The van der Waals surface area contributed by atoms with Gasteiger partial charge < -0.3 is 19.7 Å². The molecule has 1 aliphatic heterocycles. The first-order chi connectivity index (χ1) is 12.1. The van der Waals surface area contributed by atoms with Gasteiger partial charge in [0, 0.05) is 12.4 Å². The van der Waals surface area contributed by atoms with Crippen LogP contribution < -0.4 is 15.0 Å². The Morgan fingerprint density at radius 3 is 2.84 bits per heavy atom. The highest BCUT2D eigenvalue weighted by Crippen LogP contribution is 2.33. The van der Waals surface area contributed by atoms with Crippen LogP contribution in [-0.2, 0) is 14.3 Å². The molecule has 2 heterocycles. The lowest BCUT2D eigenvalue weighted by Crippen LogP contribution is -2.51. The maximum absolute atomic E-state index is 12.6. The van der Waals surface area contributed by atoms with Crippen molar-refractivity contribution in [1.82, 2.24) is 5.32 Å². The van der Waals surface area contributed by atoms with Crippen molar-refractivity contribution >= 4 is 34.8 Å². The minimum Gasteiger partial charge on any atom is -0.477 e. The van der Waals surface area contributed by atoms with Crippen molar-refractivity contribution in [3.05, 3.63) is 46.7 Å². The maximum Gasteiger partial charge on any atom is 0.339 e. The Morgan fingerprint density at radius 1 is 1.32 bits per heavy atom. The van der Waals surface area contributed by atoms with Crippen LogP contribution in [0.15, 0.2) is 41.1 Å². The topological polar surface area (TPSA) is 84.9 Å². The van der Waals surface area contributed by atoms with Crippen LogP contribution in [0.2, 0.25) is 0 Å². The second-order valence-corrected chi connectivity index (χ2v) is 6.06. The summed E-state index contributed by atoms with van der Waals surface area (Å²) < 4.78 is 10.7. The van der Waals surface area contributed by atoms with Crippen LogP contribution >= 0.6 is 11.3 Å². The number of carbonyl (C=O) groups is 3. The molecule has 2 aromatic rings. The number of hydrogen-bond acceptors (Lipinski definition) is 6. The minimum atomic E-state index is -0.823. The predicted octanol–water partition coefficient (Wildman–Crippen LogP) is 1.45. The standard InChI is InChI=1S/C17H16N2O5S/c1-18-16(21)14-8-19(12-4-2-3-5-13(12)24-14)15(20)9-23-17(22)11-6-7-25-10-11/h2-7,10,14H,8-9H2,1H3,(H,18,21). The highest BCUT2D eigenvalue weighted by molar-refractivity contribution is 7.08. The molecule has 1 atom stereocenters. The molecule has 8 heteroatoms. The van der Waals surface area contributed by atoms with Gasteiger partial charge in [-0.05, 0) is 23.6 Å². The van der Waals surface area contributed by atoms with Gasteiger partial charge >= 0.3 is 5.97 Å². The SMILES string of the molecule is CNC(=O)C1CN(C(=O)COC(=O)c2ccsc2)c2ccccc2O1. The first-order valence-corrected chi connectivity index (χ1v) is 8.51. The van der Waals surface area contributed by atoms with Gasteiger partial charge in [-0.1, -0.05) is 12.1 Å². The Balaban J connectivity index is 1.74. The number of carbonyl (C=O) groups excluding carboxylic acids is 3. The van der Waals surface area contributed by atoms with Crippen molar-refractivity contribution in [3.8, 4) is 5.75 Å². The molecular weight excluding hydrogens is 344 g/mol. The molecule has 0 aliphatic carbocycles. The lowest BCUT2D eigenvalue weighted by Gasteiger charge is -2.33. The van der Waals surface area contributed by atoms with E-state index in [0.29, 0.717) is 17.0 Å². The number of esters is 1. The number of likely N-dealkylation sites (N-methyl/N-ethyl adjacent to an activating group) is 1. The van der Waals surface area contributed by atoms with E-state index in [1.165, 1.54) is 23.3 Å². The molecule has 3 rings (SSSR count). The Hall–Kier alpha value is -2.87. The molecule has 1 aliphatic rings. The maximum atomic E-state index is 12.6. The third-order valence-electron chi connectivity index (χ3n) is 3.70. The summed E-state index contributed by atoms with van der Waals surface area (Å²) in [5.41, 5.74) is 0.947. The molecule has 0 spiro atoms. The molecule has 0 fully saturated rings. The van der Waals surface area contributed by atoms with E-state index in [2.05, 4.69) is 5.32 Å². The molecule has 1 N–H and O–H groups in total. The number of fused-ring (bicyclic) bond motifs is 1. The summed E-state index contributed by atoms with van der Waals surface area (Å²) in [6.07, 6.45) is -0.823. The zero-order chi connectivity index (χ0) is 17.8. The lowest BCUT2D eigenvalue weighted by molar-refractivity contribution is -0.128. The fraction of sp³-hybridized carbons (Fsp3) is 0.235. The van der Waals surface area contributed by atoms with Crippen LogP contribution in [0.25, 0.3) is 0 Å². The van der Waals surface area contributed by atoms with Crippen LogP contribution in [0.1, 0.15) is 10.4 Å². The van der Waals surface area contributed by atoms with Crippen molar-refractivity contribution in [2.45, 2.75) is 6.10 Å². The van der Waals surface area contributed by atoms with Gasteiger partial charge in [-0.15, -0.1) is 0 Å². The zero-order valence-corrected chi connectivity index (χ0v) is 14.2.